The van der Waals surface area contributed by atoms with Crippen molar-refractivity contribution in [2.75, 3.05) is 4.90 Å². The molecule has 2 aromatic heterocycles. The van der Waals surface area contributed by atoms with Gasteiger partial charge in [0.1, 0.15) is 5.82 Å². The number of hydrogen-bond acceptors (Lipinski definition) is 4. The van der Waals surface area contributed by atoms with Gasteiger partial charge in [-0.2, -0.15) is 5.10 Å². The summed E-state index contributed by atoms with van der Waals surface area (Å²) >= 11 is 1.81. The number of aryl methyl sites for hydroxylation is 2. The van der Waals surface area contributed by atoms with Gasteiger partial charge in [0.2, 0.25) is 0 Å². The van der Waals surface area contributed by atoms with Gasteiger partial charge < -0.3 is 10.6 Å². The minimum Gasteiger partial charge on any atom is -0.348 e. The largest absolute Gasteiger partial charge is 0.348 e. The van der Waals surface area contributed by atoms with Crippen molar-refractivity contribution in [2.24, 2.45) is 12.8 Å². The Kier molecular flexibility index (Phi) is 3.33. The van der Waals surface area contributed by atoms with Gasteiger partial charge in [0.25, 0.3) is 0 Å². The average Bonchev–Trinajstić information content (AvgIpc) is 3.02. The summed E-state index contributed by atoms with van der Waals surface area (Å²) < 4.78 is 1.99. The molecule has 0 atom stereocenters. The van der Waals surface area contributed by atoms with Gasteiger partial charge in [-0.1, -0.05) is 6.07 Å². The van der Waals surface area contributed by atoms with Crippen molar-refractivity contribution in [1.82, 2.24) is 9.78 Å². The van der Waals surface area contributed by atoms with E-state index in [4.69, 9.17) is 5.73 Å². The third kappa shape index (κ3) is 2.40. The number of hydrogen-bond donors (Lipinski definition) is 1. The average molecular weight is 276 g/mol. The fraction of sp³-hybridized carbons (Fsp3) is 0.500. The van der Waals surface area contributed by atoms with Crippen molar-refractivity contribution in [3.05, 3.63) is 33.6 Å². The summed E-state index contributed by atoms with van der Waals surface area (Å²) in [6.07, 6.45) is 2.55. The molecule has 0 unspecified atom stereocenters. The molecule has 2 aromatic rings. The van der Waals surface area contributed by atoms with Gasteiger partial charge in [0, 0.05) is 30.1 Å². The molecular weight excluding hydrogens is 256 g/mol. The Morgan fingerprint density at radius 2 is 2.32 bits per heavy atom. The van der Waals surface area contributed by atoms with Crippen molar-refractivity contribution in [1.29, 1.82) is 0 Å². The highest BCUT2D eigenvalue weighted by Crippen LogP contribution is 2.36. The number of rotatable bonds is 5. The second kappa shape index (κ2) is 4.98. The molecule has 0 bridgehead atoms. The summed E-state index contributed by atoms with van der Waals surface area (Å²) in [5, 5.41) is 6.68. The van der Waals surface area contributed by atoms with Gasteiger partial charge in [-0.25, -0.2) is 0 Å². The summed E-state index contributed by atoms with van der Waals surface area (Å²) in [5.74, 6) is 1.20. The van der Waals surface area contributed by atoms with Crippen molar-refractivity contribution in [3.63, 3.8) is 0 Å². The molecule has 2 N–H and O–H groups in total. The molecule has 1 aliphatic carbocycles. The smallest absolute Gasteiger partial charge is 0.131 e. The maximum absolute atomic E-state index is 5.92. The Bertz CT molecular complexity index is 554. The van der Waals surface area contributed by atoms with E-state index in [9.17, 15) is 0 Å². The maximum atomic E-state index is 5.92. The fourth-order valence-corrected chi connectivity index (χ4v) is 3.32. The number of aromatic nitrogens is 2. The third-order valence-electron chi connectivity index (χ3n) is 3.68. The third-order valence-corrected chi connectivity index (χ3v) is 4.54. The second-order valence-corrected chi connectivity index (χ2v) is 6.19. The molecule has 0 spiro atoms. The van der Waals surface area contributed by atoms with Crippen LogP contribution in [0.5, 0.6) is 0 Å². The van der Waals surface area contributed by atoms with Crippen molar-refractivity contribution < 1.29 is 0 Å². The molecule has 1 fully saturated rings. The van der Waals surface area contributed by atoms with Crippen LogP contribution in [-0.2, 0) is 20.1 Å². The van der Waals surface area contributed by atoms with Crippen LogP contribution in [0.15, 0.2) is 17.5 Å². The van der Waals surface area contributed by atoms with Gasteiger partial charge in [0.15, 0.2) is 0 Å². The Morgan fingerprint density at radius 1 is 1.53 bits per heavy atom. The van der Waals surface area contributed by atoms with E-state index >= 15 is 0 Å². The summed E-state index contributed by atoms with van der Waals surface area (Å²) in [4.78, 5) is 3.88. The molecule has 102 valence electrons. The standard InChI is InChI=1S/C14H20N4S/c1-10-13(8-15)14(17(2)16-10)18(11-5-6-11)9-12-4-3-7-19-12/h3-4,7,11H,5-6,8-9,15H2,1-2H3. The van der Waals surface area contributed by atoms with E-state index < -0.39 is 0 Å². The monoisotopic (exact) mass is 276 g/mol. The van der Waals surface area contributed by atoms with Gasteiger partial charge >= 0.3 is 0 Å². The molecule has 0 saturated heterocycles. The molecule has 4 nitrogen and oxygen atoms in total. The quantitative estimate of drug-likeness (QED) is 0.912. The van der Waals surface area contributed by atoms with E-state index in [1.54, 1.807) is 0 Å². The lowest BCUT2D eigenvalue weighted by Gasteiger charge is -2.25. The number of nitrogens with zero attached hydrogens (tertiary/aromatic N) is 3. The molecule has 2 heterocycles. The van der Waals surface area contributed by atoms with Crippen molar-refractivity contribution in [3.8, 4) is 0 Å². The lowest BCUT2D eigenvalue weighted by atomic mass is 10.2. The SMILES string of the molecule is Cc1nn(C)c(N(Cc2cccs2)C2CC2)c1CN. The number of thiophene rings is 1. The number of nitrogens with two attached hydrogens (primary N) is 1. The molecule has 1 saturated carbocycles. The molecule has 1 aliphatic rings. The Morgan fingerprint density at radius 3 is 2.89 bits per heavy atom. The molecule has 3 rings (SSSR count). The fourth-order valence-electron chi connectivity index (χ4n) is 2.62. The highest BCUT2D eigenvalue weighted by molar-refractivity contribution is 7.09. The van der Waals surface area contributed by atoms with Crippen LogP contribution in [0.1, 0.15) is 29.0 Å². The minimum atomic E-state index is 0.558. The van der Waals surface area contributed by atoms with Crippen LogP contribution in [-0.4, -0.2) is 15.8 Å². The second-order valence-electron chi connectivity index (χ2n) is 5.15. The molecule has 19 heavy (non-hydrogen) atoms. The predicted octanol–water partition coefficient (Wildman–Crippen LogP) is 2.42. The first-order valence-corrected chi connectivity index (χ1v) is 7.60. The first kappa shape index (κ1) is 12.7. The molecule has 0 aliphatic heterocycles. The maximum Gasteiger partial charge on any atom is 0.131 e. The molecule has 0 radical (unpaired) electrons. The molecule has 0 amide bonds. The first-order chi connectivity index (χ1) is 9.20. The van der Waals surface area contributed by atoms with Crippen LogP contribution in [0, 0.1) is 6.92 Å². The van der Waals surface area contributed by atoms with E-state index in [0.717, 1.165) is 12.2 Å². The zero-order valence-electron chi connectivity index (χ0n) is 11.5. The van der Waals surface area contributed by atoms with Crippen LogP contribution in [0.4, 0.5) is 5.82 Å². The lowest BCUT2D eigenvalue weighted by molar-refractivity contribution is 0.692. The summed E-state index contributed by atoms with van der Waals surface area (Å²) in [7, 11) is 2.02. The van der Waals surface area contributed by atoms with Crippen LogP contribution in [0.2, 0.25) is 0 Å². The van der Waals surface area contributed by atoms with E-state index in [-0.39, 0.29) is 0 Å². The molecule has 0 aromatic carbocycles. The van der Waals surface area contributed by atoms with Crippen molar-refractivity contribution >= 4 is 17.2 Å². The Hall–Kier alpha value is -1.33. The summed E-state index contributed by atoms with van der Waals surface area (Å²) in [6.45, 7) is 3.57. The van der Waals surface area contributed by atoms with E-state index in [2.05, 4.69) is 27.5 Å². The topological polar surface area (TPSA) is 47.1 Å². The molecular formula is C14H20N4S. The zero-order chi connectivity index (χ0) is 13.4. The summed E-state index contributed by atoms with van der Waals surface area (Å²) in [5.41, 5.74) is 8.16. The van der Waals surface area contributed by atoms with E-state index in [1.165, 1.54) is 29.1 Å². The number of anilines is 1. The first-order valence-electron chi connectivity index (χ1n) is 6.72. The van der Waals surface area contributed by atoms with Crippen LogP contribution < -0.4 is 10.6 Å². The summed E-state index contributed by atoms with van der Waals surface area (Å²) in [6, 6.07) is 4.97. The van der Waals surface area contributed by atoms with Crippen LogP contribution >= 0.6 is 11.3 Å². The van der Waals surface area contributed by atoms with Crippen LogP contribution in [0.3, 0.4) is 0 Å². The van der Waals surface area contributed by atoms with Gasteiger partial charge in [0.05, 0.1) is 12.2 Å². The van der Waals surface area contributed by atoms with Gasteiger partial charge in [-0.3, -0.25) is 4.68 Å². The normalized spacial score (nSPS) is 14.9. The predicted molar refractivity (Wildman–Crippen MR) is 79.4 cm³/mol. The molecule has 5 heteroatoms. The zero-order valence-corrected chi connectivity index (χ0v) is 12.3. The van der Waals surface area contributed by atoms with Crippen LogP contribution in [0.25, 0.3) is 0 Å². The van der Waals surface area contributed by atoms with Crippen molar-refractivity contribution in [2.45, 2.75) is 38.9 Å². The lowest BCUT2D eigenvalue weighted by Crippen LogP contribution is -2.28. The van der Waals surface area contributed by atoms with Gasteiger partial charge in [-0.05, 0) is 31.2 Å². The highest BCUT2D eigenvalue weighted by atomic mass is 32.1. The van der Waals surface area contributed by atoms with E-state index in [0.29, 0.717) is 12.6 Å². The minimum absolute atomic E-state index is 0.558. The highest BCUT2D eigenvalue weighted by Gasteiger charge is 2.33. The van der Waals surface area contributed by atoms with E-state index in [1.807, 2.05) is 30.0 Å². The van der Waals surface area contributed by atoms with Gasteiger partial charge in [-0.15, -0.1) is 11.3 Å². The Labute approximate surface area is 117 Å². The Balaban J connectivity index is 1.96.